The number of ether oxygens (including phenoxy) is 2. The number of halogens is 1. The number of rotatable bonds is 5. The van der Waals surface area contributed by atoms with Crippen molar-refractivity contribution in [2.75, 3.05) is 20.2 Å². The first-order valence-electron chi connectivity index (χ1n) is 8.77. The van der Waals surface area contributed by atoms with Crippen LogP contribution in [0.15, 0.2) is 54.6 Å². The molecule has 2 aromatic carbocycles. The van der Waals surface area contributed by atoms with Crippen LogP contribution in [0.3, 0.4) is 0 Å². The van der Waals surface area contributed by atoms with E-state index in [2.05, 4.69) is 5.32 Å². The number of para-hydroxylation sites is 1. The van der Waals surface area contributed by atoms with Crippen molar-refractivity contribution < 1.29 is 14.3 Å². The fraction of sp³-hybridized carbons (Fsp3) is 0.381. The van der Waals surface area contributed by atoms with Crippen molar-refractivity contribution >= 4 is 18.4 Å². The Kier molecular flexibility index (Phi) is 7.06. The lowest BCUT2D eigenvalue weighted by Crippen LogP contribution is -2.45. The van der Waals surface area contributed by atoms with E-state index < -0.39 is 5.41 Å². The van der Waals surface area contributed by atoms with Gasteiger partial charge in [-0.05, 0) is 68.6 Å². The van der Waals surface area contributed by atoms with Crippen LogP contribution in [-0.2, 0) is 14.9 Å². The van der Waals surface area contributed by atoms with Crippen LogP contribution in [0, 0.1) is 5.92 Å². The van der Waals surface area contributed by atoms with E-state index >= 15 is 0 Å². The zero-order valence-electron chi connectivity index (χ0n) is 15.2. The average molecular weight is 376 g/mol. The Bertz CT molecular complexity index is 716. The van der Waals surface area contributed by atoms with E-state index in [1.165, 1.54) is 7.11 Å². The highest BCUT2D eigenvalue weighted by molar-refractivity contribution is 5.85. The third-order valence-corrected chi connectivity index (χ3v) is 5.18. The molecule has 1 N–H and O–H groups in total. The van der Waals surface area contributed by atoms with Crippen molar-refractivity contribution in [2.24, 2.45) is 5.92 Å². The molecule has 2 aromatic rings. The molecule has 0 saturated carbocycles. The topological polar surface area (TPSA) is 47.6 Å². The maximum absolute atomic E-state index is 12.7. The number of methoxy groups -OCH3 is 1. The second-order valence-corrected chi connectivity index (χ2v) is 6.66. The molecule has 4 nitrogen and oxygen atoms in total. The van der Waals surface area contributed by atoms with Crippen LogP contribution in [0.25, 0.3) is 0 Å². The molecule has 3 rings (SSSR count). The second kappa shape index (κ2) is 9.06. The quantitative estimate of drug-likeness (QED) is 0.790. The first-order chi connectivity index (χ1) is 12.1. The largest absolute Gasteiger partial charge is 0.468 e. The summed E-state index contributed by atoms with van der Waals surface area (Å²) in [6, 6.07) is 17.5. The van der Waals surface area contributed by atoms with Gasteiger partial charge in [-0.2, -0.15) is 0 Å². The minimum atomic E-state index is -0.674. The molecule has 0 amide bonds. The zero-order valence-corrected chi connectivity index (χ0v) is 16.1. The summed E-state index contributed by atoms with van der Waals surface area (Å²) in [7, 11) is 1.46. The Labute approximate surface area is 161 Å². The maximum atomic E-state index is 12.7. The van der Waals surface area contributed by atoms with Gasteiger partial charge in [-0.15, -0.1) is 12.4 Å². The van der Waals surface area contributed by atoms with Gasteiger partial charge >= 0.3 is 5.97 Å². The molecule has 1 atom stereocenters. The van der Waals surface area contributed by atoms with Crippen molar-refractivity contribution in [3.05, 3.63) is 60.2 Å². The number of nitrogens with one attached hydrogen (secondary N) is 1. The van der Waals surface area contributed by atoms with Gasteiger partial charge in [0.1, 0.15) is 11.5 Å². The highest BCUT2D eigenvalue weighted by Crippen LogP contribution is 2.40. The first kappa shape index (κ1) is 20.3. The lowest BCUT2D eigenvalue weighted by molar-refractivity contribution is -0.149. The summed E-state index contributed by atoms with van der Waals surface area (Å²) in [5.74, 6) is 1.57. The molecule has 26 heavy (non-hydrogen) atoms. The van der Waals surface area contributed by atoms with Crippen molar-refractivity contribution in [2.45, 2.75) is 25.2 Å². The molecule has 1 fully saturated rings. The van der Waals surface area contributed by atoms with Gasteiger partial charge in [-0.3, -0.25) is 4.79 Å². The number of carbonyl (C=O) groups excluding carboxylic acids is 1. The highest BCUT2D eigenvalue weighted by Gasteiger charge is 2.44. The molecule has 1 aliphatic heterocycles. The van der Waals surface area contributed by atoms with Crippen LogP contribution >= 0.6 is 12.4 Å². The third kappa shape index (κ3) is 4.19. The van der Waals surface area contributed by atoms with Crippen LogP contribution in [0.1, 0.15) is 25.3 Å². The molecule has 0 radical (unpaired) electrons. The SMILES string of the molecule is COC(=O)C(C)(c1cccc(Oc2ccccc2)c1)C1CCNCC1.Cl. The first-order valence-corrected chi connectivity index (χ1v) is 8.77. The molecule has 5 heteroatoms. The van der Waals surface area contributed by atoms with Gasteiger partial charge in [0.25, 0.3) is 0 Å². The van der Waals surface area contributed by atoms with Gasteiger partial charge in [0.05, 0.1) is 12.5 Å². The van der Waals surface area contributed by atoms with Crippen LogP contribution < -0.4 is 10.1 Å². The molecule has 0 spiro atoms. The van der Waals surface area contributed by atoms with E-state index in [0.29, 0.717) is 0 Å². The Morgan fingerprint density at radius 1 is 1.04 bits per heavy atom. The van der Waals surface area contributed by atoms with E-state index in [9.17, 15) is 4.79 Å². The lowest BCUT2D eigenvalue weighted by atomic mass is 9.68. The van der Waals surface area contributed by atoms with Gasteiger partial charge in [-0.1, -0.05) is 30.3 Å². The molecular formula is C21H26ClNO3. The third-order valence-electron chi connectivity index (χ3n) is 5.18. The summed E-state index contributed by atoms with van der Waals surface area (Å²) in [6.45, 7) is 3.85. The van der Waals surface area contributed by atoms with Gasteiger partial charge in [-0.25, -0.2) is 0 Å². The van der Waals surface area contributed by atoms with E-state index in [-0.39, 0.29) is 24.3 Å². The molecule has 1 aliphatic rings. The molecule has 140 valence electrons. The smallest absolute Gasteiger partial charge is 0.316 e. The minimum Gasteiger partial charge on any atom is -0.468 e. The lowest BCUT2D eigenvalue weighted by Gasteiger charge is -2.38. The molecule has 0 aromatic heterocycles. The standard InChI is InChI=1S/C21H25NO3.ClH/c1-21(20(23)24-2,16-11-13-22-14-12-16)17-7-6-10-19(15-17)25-18-8-4-3-5-9-18;/h3-10,15-16,22H,11-14H2,1-2H3;1H. The zero-order chi connectivity index (χ0) is 17.7. The van der Waals surface area contributed by atoms with E-state index in [0.717, 1.165) is 43.0 Å². The molecule has 0 bridgehead atoms. The summed E-state index contributed by atoms with van der Waals surface area (Å²) in [5.41, 5.74) is 0.270. The minimum absolute atomic E-state index is 0. The number of carbonyl (C=O) groups is 1. The van der Waals surface area contributed by atoms with Gasteiger partial charge < -0.3 is 14.8 Å². The Morgan fingerprint density at radius 3 is 2.35 bits per heavy atom. The summed E-state index contributed by atoms with van der Waals surface area (Å²) in [6.07, 6.45) is 1.91. The fourth-order valence-electron chi connectivity index (χ4n) is 3.64. The summed E-state index contributed by atoms with van der Waals surface area (Å²) >= 11 is 0. The van der Waals surface area contributed by atoms with Crippen molar-refractivity contribution in [3.8, 4) is 11.5 Å². The number of piperidine rings is 1. The van der Waals surface area contributed by atoms with Crippen molar-refractivity contribution in [1.29, 1.82) is 0 Å². The van der Waals surface area contributed by atoms with E-state index in [1.54, 1.807) is 0 Å². The number of hydrogen-bond acceptors (Lipinski definition) is 4. The van der Waals surface area contributed by atoms with Crippen molar-refractivity contribution in [1.82, 2.24) is 5.32 Å². The van der Waals surface area contributed by atoms with Gasteiger partial charge in [0.2, 0.25) is 0 Å². The van der Waals surface area contributed by atoms with Crippen LogP contribution in [0.4, 0.5) is 0 Å². The second-order valence-electron chi connectivity index (χ2n) is 6.66. The highest BCUT2D eigenvalue weighted by atomic mass is 35.5. The average Bonchev–Trinajstić information content (AvgIpc) is 2.68. The Balaban J connectivity index is 0.00000243. The van der Waals surface area contributed by atoms with E-state index in [1.807, 2.05) is 61.5 Å². The summed E-state index contributed by atoms with van der Waals surface area (Å²) < 4.78 is 11.1. The predicted molar refractivity (Wildman–Crippen MR) is 105 cm³/mol. The summed E-state index contributed by atoms with van der Waals surface area (Å²) in [4.78, 5) is 12.7. The Hall–Kier alpha value is -2.04. The summed E-state index contributed by atoms with van der Waals surface area (Å²) in [5, 5.41) is 3.36. The number of esters is 1. The monoisotopic (exact) mass is 375 g/mol. The molecule has 1 unspecified atom stereocenters. The molecule has 1 saturated heterocycles. The van der Waals surface area contributed by atoms with Crippen LogP contribution in [0.5, 0.6) is 11.5 Å². The maximum Gasteiger partial charge on any atom is 0.316 e. The molecule has 1 heterocycles. The fourth-order valence-corrected chi connectivity index (χ4v) is 3.64. The van der Waals surface area contributed by atoms with Crippen LogP contribution in [0.2, 0.25) is 0 Å². The number of benzene rings is 2. The Morgan fingerprint density at radius 2 is 1.69 bits per heavy atom. The number of hydrogen-bond donors (Lipinski definition) is 1. The van der Waals surface area contributed by atoms with Crippen LogP contribution in [-0.4, -0.2) is 26.2 Å². The molecule has 0 aliphatic carbocycles. The van der Waals surface area contributed by atoms with E-state index in [4.69, 9.17) is 9.47 Å². The normalized spacial score (nSPS) is 16.8. The van der Waals surface area contributed by atoms with Gasteiger partial charge in [0, 0.05) is 0 Å². The van der Waals surface area contributed by atoms with Crippen molar-refractivity contribution in [3.63, 3.8) is 0 Å². The molecular weight excluding hydrogens is 350 g/mol. The van der Waals surface area contributed by atoms with Gasteiger partial charge in [0.15, 0.2) is 0 Å². The predicted octanol–water partition coefficient (Wildman–Crippen LogP) is 4.33.